The zero-order valence-corrected chi connectivity index (χ0v) is 19.7. The Bertz CT molecular complexity index is 1260. The quantitative estimate of drug-likeness (QED) is 0.323. The van der Waals surface area contributed by atoms with Crippen molar-refractivity contribution >= 4 is 37.7 Å². The van der Waals surface area contributed by atoms with Gasteiger partial charge in [-0.3, -0.25) is 5.10 Å². The van der Waals surface area contributed by atoms with E-state index in [-0.39, 0.29) is 5.75 Å². The van der Waals surface area contributed by atoms with Crippen LogP contribution in [0.3, 0.4) is 0 Å². The van der Waals surface area contributed by atoms with Gasteiger partial charge in [0.05, 0.1) is 23.4 Å². The van der Waals surface area contributed by atoms with Crippen LogP contribution in [0.5, 0.6) is 17.2 Å². The van der Waals surface area contributed by atoms with Gasteiger partial charge in [-0.25, -0.2) is 4.98 Å². The van der Waals surface area contributed by atoms with Crippen molar-refractivity contribution in [3.8, 4) is 28.5 Å². The minimum Gasteiger partial charge on any atom is -0.507 e. The van der Waals surface area contributed by atoms with Gasteiger partial charge in [-0.15, -0.1) is 0 Å². The van der Waals surface area contributed by atoms with E-state index >= 15 is 0 Å². The van der Waals surface area contributed by atoms with Gasteiger partial charge < -0.3 is 24.1 Å². The van der Waals surface area contributed by atoms with Gasteiger partial charge in [0.15, 0.2) is 17.1 Å². The molecule has 0 aliphatic carbocycles. The lowest BCUT2D eigenvalue weighted by Crippen LogP contribution is -2.08. The number of phenols is 1. The first-order valence-corrected chi connectivity index (χ1v) is 10.9. The molecule has 0 fully saturated rings. The number of aromatic hydroxyl groups is 1. The topological polar surface area (TPSA) is 98.7 Å². The summed E-state index contributed by atoms with van der Waals surface area (Å²) < 4.78 is 22.8. The van der Waals surface area contributed by atoms with Crippen molar-refractivity contribution < 1.29 is 24.1 Å². The Labute approximate surface area is 193 Å². The van der Waals surface area contributed by atoms with Gasteiger partial charge in [0.2, 0.25) is 0 Å². The minimum absolute atomic E-state index is 0.159. The van der Waals surface area contributed by atoms with Crippen LogP contribution in [0.4, 0.5) is 0 Å². The van der Waals surface area contributed by atoms with Crippen LogP contribution in [0.1, 0.15) is 5.69 Å². The first kappa shape index (κ1) is 22.3. The zero-order chi connectivity index (χ0) is 22.7. The fourth-order valence-corrected chi connectivity index (χ4v) is 3.90. The molecule has 0 amide bonds. The third-order valence-corrected chi connectivity index (χ3v) is 5.70. The highest BCUT2D eigenvalue weighted by molar-refractivity contribution is 9.10. The number of methoxy groups -OCH3 is 2. The molecule has 0 aliphatic heterocycles. The summed E-state index contributed by atoms with van der Waals surface area (Å²) in [5, 5.41) is 20.1. The Kier molecular flexibility index (Phi) is 6.78. The number of rotatable bonds is 9. The molecule has 8 nitrogen and oxygen atoms in total. The number of hydrogen-bond acceptors (Lipinski definition) is 7. The second kappa shape index (κ2) is 9.72. The molecule has 0 saturated carbocycles. The molecule has 2 aromatic carbocycles. The van der Waals surface area contributed by atoms with Crippen LogP contribution in [-0.2, 0) is 9.47 Å². The van der Waals surface area contributed by atoms with E-state index in [9.17, 15) is 5.11 Å². The number of phenolic OH excluding ortho intramolecular Hbond substituents is 1. The molecule has 4 aromatic rings. The van der Waals surface area contributed by atoms with Crippen LogP contribution in [0.15, 0.2) is 34.8 Å². The first-order valence-electron chi connectivity index (χ1n) is 10.1. The predicted octanol–water partition coefficient (Wildman–Crippen LogP) is 4.61. The van der Waals surface area contributed by atoms with Gasteiger partial charge in [-0.05, 0) is 53.2 Å². The number of nitrogens with zero attached hydrogens (tertiary/aromatic N) is 2. The highest BCUT2D eigenvalue weighted by Gasteiger charge is 2.19. The highest BCUT2D eigenvalue weighted by Crippen LogP contribution is 2.41. The van der Waals surface area contributed by atoms with Gasteiger partial charge >= 0.3 is 0 Å². The molecule has 0 atom stereocenters. The summed E-state index contributed by atoms with van der Waals surface area (Å²) in [6, 6.07) is 9.17. The van der Waals surface area contributed by atoms with Crippen molar-refractivity contribution in [1.82, 2.24) is 15.2 Å². The molecule has 0 unspecified atom stereocenters. The molecule has 4 rings (SSSR count). The zero-order valence-electron chi connectivity index (χ0n) is 18.1. The number of pyridine rings is 1. The largest absolute Gasteiger partial charge is 0.507 e. The second-order valence-electron chi connectivity index (χ2n) is 7.20. The fraction of sp³-hybridized carbons (Fsp3) is 0.304. The number of fused-ring (bicyclic) bond motifs is 3. The van der Waals surface area contributed by atoms with Crippen molar-refractivity contribution in [2.45, 2.75) is 6.92 Å². The lowest BCUT2D eigenvalue weighted by atomic mass is 10.00. The smallest absolute Gasteiger partial charge is 0.182 e. The van der Waals surface area contributed by atoms with Crippen molar-refractivity contribution in [3.63, 3.8) is 0 Å². The predicted molar refractivity (Wildman–Crippen MR) is 126 cm³/mol. The fourth-order valence-electron chi connectivity index (χ4n) is 3.52. The first-order chi connectivity index (χ1) is 15.5. The number of aryl methyl sites for hydroxylation is 1. The summed E-state index contributed by atoms with van der Waals surface area (Å²) in [6.07, 6.45) is 0. The molecule has 168 valence electrons. The van der Waals surface area contributed by atoms with Gasteiger partial charge in [0.25, 0.3) is 0 Å². The van der Waals surface area contributed by atoms with Crippen LogP contribution >= 0.6 is 15.9 Å². The van der Waals surface area contributed by atoms with Crippen molar-refractivity contribution in [3.05, 3.63) is 40.5 Å². The molecule has 0 radical (unpaired) electrons. The van der Waals surface area contributed by atoms with Crippen LogP contribution in [0.2, 0.25) is 0 Å². The number of ether oxygens (including phenoxy) is 4. The molecular formula is C23H24BrN3O5. The molecule has 2 heterocycles. The molecule has 0 spiro atoms. The normalized spacial score (nSPS) is 11.4. The molecule has 0 bridgehead atoms. The summed E-state index contributed by atoms with van der Waals surface area (Å²) >= 11 is 3.39. The molecule has 0 aliphatic rings. The number of nitrogens with one attached hydrogen (secondary N) is 1. The number of hydrogen-bond donors (Lipinski definition) is 2. The maximum absolute atomic E-state index is 9.94. The Morgan fingerprint density at radius 2 is 1.59 bits per heavy atom. The maximum atomic E-state index is 9.94. The SMILES string of the molecule is COCCOc1cc2c(-c3ccc(O)c(Br)c3)nc3n[nH]c(C)c3c2cc1OCCOC. The highest BCUT2D eigenvalue weighted by atomic mass is 79.9. The van der Waals surface area contributed by atoms with E-state index in [2.05, 4.69) is 26.1 Å². The lowest BCUT2D eigenvalue weighted by Gasteiger charge is -2.16. The van der Waals surface area contributed by atoms with Gasteiger partial charge in [0.1, 0.15) is 19.0 Å². The van der Waals surface area contributed by atoms with Crippen LogP contribution in [0, 0.1) is 6.92 Å². The van der Waals surface area contributed by atoms with Gasteiger partial charge in [-0.2, -0.15) is 5.10 Å². The number of aromatic amines is 1. The molecule has 2 N–H and O–H groups in total. The third kappa shape index (κ3) is 4.36. The van der Waals surface area contributed by atoms with Crippen molar-refractivity contribution in [1.29, 1.82) is 0 Å². The average molecular weight is 502 g/mol. The van der Waals surface area contributed by atoms with Crippen LogP contribution < -0.4 is 9.47 Å². The van der Waals surface area contributed by atoms with E-state index in [0.29, 0.717) is 48.0 Å². The Morgan fingerprint density at radius 1 is 0.938 bits per heavy atom. The Balaban J connectivity index is 1.96. The second-order valence-corrected chi connectivity index (χ2v) is 8.06. The van der Waals surface area contributed by atoms with E-state index in [1.807, 2.05) is 31.2 Å². The lowest BCUT2D eigenvalue weighted by molar-refractivity contribution is 0.132. The van der Waals surface area contributed by atoms with E-state index < -0.39 is 0 Å². The number of benzene rings is 2. The average Bonchev–Trinajstić information content (AvgIpc) is 3.16. The number of aromatic nitrogens is 3. The molecule has 0 saturated heterocycles. The molecule has 9 heteroatoms. The Hall–Kier alpha value is -2.88. The standard InChI is InChI=1S/C23H24BrN3O5/c1-13-21-15-11-19(31-8-6-29-2)20(32-9-7-30-3)12-16(15)22(25-23(21)27-26-13)14-4-5-18(28)17(24)10-14/h4-5,10-12,28H,6-9H2,1-3H3,(H,25,26,27). The maximum Gasteiger partial charge on any atom is 0.182 e. The molecular weight excluding hydrogens is 478 g/mol. The summed E-state index contributed by atoms with van der Waals surface area (Å²) in [7, 11) is 3.26. The monoisotopic (exact) mass is 501 g/mol. The summed E-state index contributed by atoms with van der Waals surface area (Å²) in [4.78, 5) is 4.82. The van der Waals surface area contributed by atoms with E-state index in [1.54, 1.807) is 20.3 Å². The van der Waals surface area contributed by atoms with Crippen molar-refractivity contribution in [2.24, 2.45) is 0 Å². The molecule has 2 aromatic heterocycles. The number of H-pyrrole nitrogens is 1. The summed E-state index contributed by atoms with van der Waals surface area (Å²) in [6.45, 7) is 3.63. The van der Waals surface area contributed by atoms with Crippen LogP contribution in [-0.4, -0.2) is 60.9 Å². The van der Waals surface area contributed by atoms with E-state index in [1.165, 1.54) is 0 Å². The third-order valence-electron chi connectivity index (χ3n) is 5.07. The summed E-state index contributed by atoms with van der Waals surface area (Å²) in [5.74, 6) is 1.36. The van der Waals surface area contributed by atoms with Gasteiger partial charge in [0, 0.05) is 41.6 Å². The minimum atomic E-state index is 0.159. The van der Waals surface area contributed by atoms with E-state index in [4.69, 9.17) is 23.9 Å². The Morgan fingerprint density at radius 3 is 2.22 bits per heavy atom. The van der Waals surface area contributed by atoms with Gasteiger partial charge in [-0.1, -0.05) is 0 Å². The van der Waals surface area contributed by atoms with Crippen LogP contribution in [0.25, 0.3) is 33.1 Å². The number of halogens is 1. The summed E-state index contributed by atoms with van der Waals surface area (Å²) in [5.41, 5.74) is 3.06. The molecule has 32 heavy (non-hydrogen) atoms. The van der Waals surface area contributed by atoms with E-state index in [0.717, 1.165) is 33.1 Å². The van der Waals surface area contributed by atoms with Crippen molar-refractivity contribution in [2.75, 3.05) is 40.6 Å².